The predicted octanol–water partition coefficient (Wildman–Crippen LogP) is 3.59. The zero-order valence-corrected chi connectivity index (χ0v) is 12.6. The summed E-state index contributed by atoms with van der Waals surface area (Å²) in [5.74, 6) is 0.679. The normalized spacial score (nSPS) is 10.6. The molecule has 0 spiro atoms. The number of hydrogen-bond acceptors (Lipinski definition) is 3. The number of aromatic nitrogens is 4. The van der Waals surface area contributed by atoms with Gasteiger partial charge in [0.05, 0.1) is 10.7 Å². The van der Waals surface area contributed by atoms with Crippen molar-refractivity contribution >= 4 is 34.2 Å². The summed E-state index contributed by atoms with van der Waals surface area (Å²) in [5.41, 5.74) is 1.75. The van der Waals surface area contributed by atoms with Crippen LogP contribution in [0.1, 0.15) is 0 Å². The van der Waals surface area contributed by atoms with Crippen LogP contribution in [0.4, 0.5) is 0 Å². The Labute approximate surface area is 128 Å². The van der Waals surface area contributed by atoms with Crippen LogP contribution in [0.5, 0.6) is 0 Å². The van der Waals surface area contributed by atoms with Crippen LogP contribution >= 0.6 is 34.2 Å². The number of para-hydroxylation sites is 1. The van der Waals surface area contributed by atoms with Gasteiger partial charge in [0.25, 0.3) is 0 Å². The Hall–Kier alpha value is -1.47. The molecule has 4 nitrogen and oxygen atoms in total. The molecule has 6 heteroatoms. The summed E-state index contributed by atoms with van der Waals surface area (Å²) in [6.45, 7) is 0. The van der Waals surface area contributed by atoms with Gasteiger partial charge in [0.15, 0.2) is 5.82 Å². The van der Waals surface area contributed by atoms with Crippen molar-refractivity contribution in [2.24, 2.45) is 0 Å². The van der Waals surface area contributed by atoms with E-state index in [4.69, 9.17) is 11.6 Å². The third-order valence-corrected chi connectivity index (χ3v) is 3.93. The molecule has 0 saturated carbocycles. The first-order valence-electron chi connectivity index (χ1n) is 5.55. The summed E-state index contributed by atoms with van der Waals surface area (Å²) >= 11 is 8.46. The first-order chi connectivity index (χ1) is 9.27. The van der Waals surface area contributed by atoms with Crippen molar-refractivity contribution in [1.82, 2.24) is 20.2 Å². The van der Waals surface area contributed by atoms with Crippen molar-refractivity contribution in [2.45, 2.75) is 0 Å². The molecule has 1 aromatic heterocycles. The van der Waals surface area contributed by atoms with Gasteiger partial charge in [-0.1, -0.05) is 41.9 Å². The van der Waals surface area contributed by atoms with Crippen LogP contribution in [-0.4, -0.2) is 20.2 Å². The van der Waals surface area contributed by atoms with Gasteiger partial charge in [0.1, 0.15) is 0 Å². The first-order valence-corrected chi connectivity index (χ1v) is 7.01. The smallest absolute Gasteiger partial charge is 0.188 e. The molecule has 0 aliphatic rings. The first kappa shape index (κ1) is 12.6. The van der Waals surface area contributed by atoms with Crippen LogP contribution in [-0.2, 0) is 0 Å². The molecular weight excluding hydrogens is 375 g/mol. The van der Waals surface area contributed by atoms with Crippen LogP contribution in [0.15, 0.2) is 48.5 Å². The lowest BCUT2D eigenvalue weighted by atomic mass is 10.2. The minimum Gasteiger partial charge on any atom is -0.191 e. The minimum atomic E-state index is 0.613. The van der Waals surface area contributed by atoms with Gasteiger partial charge in [-0.3, -0.25) is 0 Å². The molecule has 3 rings (SSSR count). The van der Waals surface area contributed by atoms with Crippen molar-refractivity contribution in [3.63, 3.8) is 0 Å². The van der Waals surface area contributed by atoms with E-state index in [1.54, 1.807) is 4.68 Å². The van der Waals surface area contributed by atoms with Gasteiger partial charge in [-0.25, -0.2) is 0 Å². The Bertz CT molecular complexity index is 666. The highest BCUT2D eigenvalue weighted by molar-refractivity contribution is 14.1. The molecule has 0 N–H and O–H groups in total. The van der Waals surface area contributed by atoms with Crippen LogP contribution in [0.3, 0.4) is 0 Å². The highest BCUT2D eigenvalue weighted by atomic mass is 127. The van der Waals surface area contributed by atoms with E-state index in [1.165, 1.54) is 0 Å². The summed E-state index contributed by atoms with van der Waals surface area (Å²) < 4.78 is 2.74. The highest BCUT2D eigenvalue weighted by Crippen LogP contribution is 2.27. The Morgan fingerprint density at radius 2 is 1.74 bits per heavy atom. The molecule has 0 bridgehead atoms. The average Bonchev–Trinajstić information content (AvgIpc) is 2.89. The molecule has 3 aromatic rings. The van der Waals surface area contributed by atoms with Gasteiger partial charge in [-0.15, -0.1) is 5.10 Å². The maximum atomic E-state index is 6.20. The Balaban J connectivity index is 2.20. The Kier molecular flexibility index (Phi) is 3.48. The lowest BCUT2D eigenvalue weighted by Crippen LogP contribution is -2.01. The molecule has 0 aliphatic heterocycles. The summed E-state index contributed by atoms with van der Waals surface area (Å²) in [5, 5.41) is 12.5. The summed E-state index contributed by atoms with van der Waals surface area (Å²) in [4.78, 5) is 0. The van der Waals surface area contributed by atoms with E-state index in [9.17, 15) is 0 Å². The Morgan fingerprint density at radius 3 is 2.53 bits per heavy atom. The van der Waals surface area contributed by atoms with E-state index in [2.05, 4.69) is 38.1 Å². The van der Waals surface area contributed by atoms with Crippen molar-refractivity contribution in [3.05, 3.63) is 57.1 Å². The van der Waals surface area contributed by atoms with Gasteiger partial charge in [0, 0.05) is 9.13 Å². The molecule has 0 fully saturated rings. The van der Waals surface area contributed by atoms with Crippen LogP contribution < -0.4 is 0 Å². The third kappa shape index (κ3) is 2.35. The SMILES string of the molecule is Clc1ccccc1-n1nnnc1-c1ccccc1I. The molecule has 19 heavy (non-hydrogen) atoms. The summed E-state index contributed by atoms with van der Waals surface area (Å²) in [7, 11) is 0. The molecule has 0 unspecified atom stereocenters. The van der Waals surface area contributed by atoms with Crippen LogP contribution in [0.2, 0.25) is 5.02 Å². The molecule has 2 aromatic carbocycles. The third-order valence-electron chi connectivity index (χ3n) is 2.66. The molecule has 94 valence electrons. The number of benzene rings is 2. The second-order valence-electron chi connectivity index (χ2n) is 3.85. The fourth-order valence-electron chi connectivity index (χ4n) is 1.78. The predicted molar refractivity (Wildman–Crippen MR) is 82.3 cm³/mol. The van der Waals surface area contributed by atoms with Crippen LogP contribution in [0, 0.1) is 3.57 Å². The standard InChI is InChI=1S/C13H8ClIN4/c14-10-6-2-4-8-12(10)19-13(16-17-18-19)9-5-1-3-7-11(9)15/h1-8H. The minimum absolute atomic E-state index is 0.613. The maximum absolute atomic E-state index is 6.20. The monoisotopic (exact) mass is 382 g/mol. The second-order valence-corrected chi connectivity index (χ2v) is 5.41. The summed E-state index contributed by atoms with van der Waals surface area (Å²) in [6.07, 6.45) is 0. The zero-order chi connectivity index (χ0) is 13.2. The van der Waals surface area contributed by atoms with Gasteiger partial charge < -0.3 is 0 Å². The van der Waals surface area contributed by atoms with Crippen LogP contribution in [0.25, 0.3) is 17.1 Å². The van der Waals surface area contributed by atoms with Crippen molar-refractivity contribution in [1.29, 1.82) is 0 Å². The van der Waals surface area contributed by atoms with Gasteiger partial charge >= 0.3 is 0 Å². The van der Waals surface area contributed by atoms with E-state index in [1.807, 2.05) is 48.5 Å². The van der Waals surface area contributed by atoms with Crippen molar-refractivity contribution < 1.29 is 0 Å². The average molecular weight is 383 g/mol. The summed E-state index contributed by atoms with van der Waals surface area (Å²) in [6, 6.07) is 15.4. The number of halogens is 2. The fourth-order valence-corrected chi connectivity index (χ4v) is 2.63. The van der Waals surface area contributed by atoms with E-state index in [0.29, 0.717) is 10.8 Å². The van der Waals surface area contributed by atoms with Gasteiger partial charge in [-0.2, -0.15) is 4.68 Å². The van der Waals surface area contributed by atoms with Crippen molar-refractivity contribution in [3.8, 4) is 17.1 Å². The van der Waals surface area contributed by atoms with Gasteiger partial charge in [-0.05, 0) is 51.2 Å². The molecule has 0 atom stereocenters. The Morgan fingerprint density at radius 1 is 1.00 bits per heavy atom. The molecule has 0 aliphatic carbocycles. The van der Waals surface area contributed by atoms with E-state index >= 15 is 0 Å². The van der Waals surface area contributed by atoms with Gasteiger partial charge in [0.2, 0.25) is 0 Å². The number of tetrazole rings is 1. The van der Waals surface area contributed by atoms with E-state index in [-0.39, 0.29) is 0 Å². The fraction of sp³-hybridized carbons (Fsp3) is 0. The quantitative estimate of drug-likeness (QED) is 0.636. The number of nitrogens with zero attached hydrogens (tertiary/aromatic N) is 4. The molecule has 1 heterocycles. The van der Waals surface area contributed by atoms with E-state index in [0.717, 1.165) is 14.8 Å². The zero-order valence-electron chi connectivity index (χ0n) is 9.66. The molecule has 0 saturated heterocycles. The lowest BCUT2D eigenvalue weighted by Gasteiger charge is -2.07. The lowest BCUT2D eigenvalue weighted by molar-refractivity contribution is 0.791. The number of hydrogen-bond donors (Lipinski definition) is 0. The van der Waals surface area contributed by atoms with Crippen molar-refractivity contribution in [2.75, 3.05) is 0 Å². The largest absolute Gasteiger partial charge is 0.191 e. The number of rotatable bonds is 2. The van der Waals surface area contributed by atoms with E-state index < -0.39 is 0 Å². The topological polar surface area (TPSA) is 43.6 Å². The molecule has 0 radical (unpaired) electrons. The second kappa shape index (κ2) is 5.26. The molecular formula is C13H8ClIN4. The maximum Gasteiger partial charge on any atom is 0.188 e. The highest BCUT2D eigenvalue weighted by Gasteiger charge is 2.14. The molecule has 0 amide bonds.